The van der Waals surface area contributed by atoms with Gasteiger partial charge in [0.2, 0.25) is 0 Å². The predicted octanol–water partition coefficient (Wildman–Crippen LogP) is 2.51. The van der Waals surface area contributed by atoms with Crippen LogP contribution >= 0.6 is 0 Å². The van der Waals surface area contributed by atoms with Gasteiger partial charge in [-0.15, -0.1) is 0 Å². The molecule has 0 fully saturated rings. The smallest absolute Gasteiger partial charge is 0.401 e. The zero-order valence-corrected chi connectivity index (χ0v) is 9.83. The topological polar surface area (TPSA) is 67.8 Å². The van der Waals surface area contributed by atoms with E-state index in [1.807, 2.05) is 6.92 Å². The highest BCUT2D eigenvalue weighted by Gasteiger charge is 2.42. The summed E-state index contributed by atoms with van der Waals surface area (Å²) in [4.78, 5) is 0. The van der Waals surface area contributed by atoms with E-state index in [1.165, 1.54) is 0 Å². The Balaban J connectivity index is 3.95. The van der Waals surface area contributed by atoms with Crippen molar-refractivity contribution in [2.75, 3.05) is 13.2 Å². The molecule has 0 heterocycles. The van der Waals surface area contributed by atoms with Crippen molar-refractivity contribution in [3.05, 3.63) is 0 Å². The Bertz CT molecular complexity index is 232. The van der Waals surface area contributed by atoms with Gasteiger partial charge in [0.15, 0.2) is 5.84 Å². The second kappa shape index (κ2) is 8.16. The SMILES string of the molecule is CCCCCCOCC(C(N)=NO)C(F)(F)F. The first-order chi connectivity index (χ1) is 7.93. The van der Waals surface area contributed by atoms with Gasteiger partial charge < -0.3 is 15.7 Å². The lowest BCUT2D eigenvalue weighted by molar-refractivity contribution is -0.168. The molecule has 17 heavy (non-hydrogen) atoms. The molecule has 0 aliphatic heterocycles. The van der Waals surface area contributed by atoms with Crippen LogP contribution in [0.25, 0.3) is 0 Å². The van der Waals surface area contributed by atoms with Crippen LogP contribution in [0.3, 0.4) is 0 Å². The second-order valence-electron chi connectivity index (χ2n) is 3.75. The Kier molecular flexibility index (Phi) is 7.69. The van der Waals surface area contributed by atoms with Gasteiger partial charge in [-0.1, -0.05) is 31.3 Å². The van der Waals surface area contributed by atoms with Crippen molar-refractivity contribution in [1.82, 2.24) is 0 Å². The number of hydrogen-bond acceptors (Lipinski definition) is 3. The standard InChI is InChI=1S/C10H19F3N2O2/c1-2-3-4-5-6-17-7-8(9(14)15-16)10(11,12)13/h8,16H,2-7H2,1H3,(H2,14,15). The zero-order chi connectivity index (χ0) is 13.3. The molecule has 0 aromatic heterocycles. The molecule has 0 bridgehead atoms. The third-order valence-electron chi connectivity index (χ3n) is 2.29. The third-order valence-corrected chi connectivity index (χ3v) is 2.29. The Labute approximate surface area is 98.6 Å². The average Bonchev–Trinajstić information content (AvgIpc) is 2.25. The van der Waals surface area contributed by atoms with Gasteiger partial charge >= 0.3 is 6.18 Å². The normalized spacial score (nSPS) is 14.9. The molecule has 0 aromatic rings. The van der Waals surface area contributed by atoms with Crippen LogP contribution in [0.2, 0.25) is 0 Å². The summed E-state index contributed by atoms with van der Waals surface area (Å²) in [5.41, 5.74) is 4.97. The van der Waals surface area contributed by atoms with Crippen LogP contribution in [0.15, 0.2) is 5.16 Å². The van der Waals surface area contributed by atoms with Crippen LogP contribution in [-0.2, 0) is 4.74 Å². The van der Waals surface area contributed by atoms with Crippen LogP contribution in [0.1, 0.15) is 32.6 Å². The van der Waals surface area contributed by atoms with E-state index in [0.717, 1.165) is 19.3 Å². The fraction of sp³-hybridized carbons (Fsp3) is 0.900. The molecule has 102 valence electrons. The Morgan fingerprint density at radius 2 is 2.00 bits per heavy atom. The fourth-order valence-electron chi connectivity index (χ4n) is 1.25. The van der Waals surface area contributed by atoms with Crippen molar-refractivity contribution in [1.29, 1.82) is 0 Å². The van der Waals surface area contributed by atoms with E-state index < -0.39 is 24.5 Å². The van der Waals surface area contributed by atoms with E-state index in [4.69, 9.17) is 15.7 Å². The Morgan fingerprint density at radius 3 is 2.47 bits per heavy atom. The largest absolute Gasteiger partial charge is 0.409 e. The van der Waals surface area contributed by atoms with E-state index in [1.54, 1.807) is 0 Å². The molecule has 0 saturated carbocycles. The molecule has 0 aromatic carbocycles. The van der Waals surface area contributed by atoms with Crippen LogP contribution in [0, 0.1) is 5.92 Å². The molecule has 0 amide bonds. The van der Waals surface area contributed by atoms with E-state index in [9.17, 15) is 13.2 Å². The van der Waals surface area contributed by atoms with Crippen molar-refractivity contribution in [2.45, 2.75) is 38.8 Å². The molecule has 0 rings (SSSR count). The number of nitrogens with zero attached hydrogens (tertiary/aromatic N) is 1. The molecular formula is C10H19F3N2O2. The van der Waals surface area contributed by atoms with E-state index in [2.05, 4.69) is 5.16 Å². The maximum Gasteiger partial charge on any atom is 0.401 e. The quantitative estimate of drug-likeness (QED) is 0.230. The maximum absolute atomic E-state index is 12.4. The highest BCUT2D eigenvalue weighted by atomic mass is 19.4. The van der Waals surface area contributed by atoms with Crippen molar-refractivity contribution < 1.29 is 23.1 Å². The summed E-state index contributed by atoms with van der Waals surface area (Å²) in [5.74, 6) is -2.91. The summed E-state index contributed by atoms with van der Waals surface area (Å²) in [6, 6.07) is 0. The van der Waals surface area contributed by atoms with E-state index in [-0.39, 0.29) is 6.61 Å². The molecule has 3 N–H and O–H groups in total. The number of hydrogen-bond donors (Lipinski definition) is 2. The minimum absolute atomic E-state index is 0.255. The zero-order valence-electron chi connectivity index (χ0n) is 9.83. The minimum Gasteiger partial charge on any atom is -0.409 e. The van der Waals surface area contributed by atoms with Crippen molar-refractivity contribution >= 4 is 5.84 Å². The number of ether oxygens (including phenoxy) is 1. The Hall–Kier alpha value is -0.980. The van der Waals surface area contributed by atoms with Gasteiger partial charge in [-0.25, -0.2) is 0 Å². The summed E-state index contributed by atoms with van der Waals surface area (Å²) in [6.07, 6.45) is -0.827. The molecule has 0 spiro atoms. The number of halogens is 3. The lowest BCUT2D eigenvalue weighted by Crippen LogP contribution is -2.39. The first kappa shape index (κ1) is 16.0. The van der Waals surface area contributed by atoms with Crippen molar-refractivity contribution in [3.63, 3.8) is 0 Å². The highest BCUT2D eigenvalue weighted by Crippen LogP contribution is 2.26. The molecule has 0 saturated heterocycles. The minimum atomic E-state index is -4.56. The van der Waals surface area contributed by atoms with Gasteiger partial charge in [0, 0.05) is 6.61 Å². The number of nitrogens with two attached hydrogens (primary N) is 1. The molecule has 0 radical (unpaired) electrons. The maximum atomic E-state index is 12.4. The van der Waals surface area contributed by atoms with Gasteiger partial charge in [-0.3, -0.25) is 0 Å². The van der Waals surface area contributed by atoms with Crippen LogP contribution < -0.4 is 5.73 Å². The number of unbranched alkanes of at least 4 members (excludes halogenated alkanes) is 3. The van der Waals surface area contributed by atoms with Gasteiger partial charge in [0.1, 0.15) is 5.92 Å². The summed E-state index contributed by atoms with van der Waals surface area (Å²) in [7, 11) is 0. The monoisotopic (exact) mass is 256 g/mol. The summed E-state index contributed by atoms with van der Waals surface area (Å²) in [6.45, 7) is 1.69. The van der Waals surface area contributed by atoms with Crippen LogP contribution in [0.4, 0.5) is 13.2 Å². The number of oxime groups is 1. The van der Waals surface area contributed by atoms with E-state index in [0.29, 0.717) is 6.42 Å². The lowest BCUT2D eigenvalue weighted by Gasteiger charge is -2.18. The highest BCUT2D eigenvalue weighted by molar-refractivity contribution is 5.83. The fourth-order valence-corrected chi connectivity index (χ4v) is 1.25. The van der Waals surface area contributed by atoms with Crippen molar-refractivity contribution in [2.24, 2.45) is 16.8 Å². The summed E-state index contributed by atoms with van der Waals surface area (Å²) in [5, 5.41) is 10.6. The van der Waals surface area contributed by atoms with Gasteiger partial charge in [-0.05, 0) is 6.42 Å². The molecule has 0 aliphatic rings. The van der Waals surface area contributed by atoms with Crippen LogP contribution in [0.5, 0.6) is 0 Å². The third kappa shape index (κ3) is 7.04. The van der Waals surface area contributed by atoms with Gasteiger partial charge in [0.05, 0.1) is 6.61 Å². The Morgan fingerprint density at radius 1 is 1.35 bits per heavy atom. The first-order valence-corrected chi connectivity index (χ1v) is 5.55. The van der Waals surface area contributed by atoms with Gasteiger partial charge in [0.25, 0.3) is 0 Å². The first-order valence-electron chi connectivity index (χ1n) is 5.55. The number of rotatable bonds is 8. The molecule has 1 atom stereocenters. The van der Waals surface area contributed by atoms with Gasteiger partial charge in [-0.2, -0.15) is 13.2 Å². The molecular weight excluding hydrogens is 237 g/mol. The van der Waals surface area contributed by atoms with Crippen LogP contribution in [-0.4, -0.2) is 30.4 Å². The summed E-state index contributed by atoms with van der Waals surface area (Å²) >= 11 is 0. The average molecular weight is 256 g/mol. The molecule has 7 heteroatoms. The molecule has 0 aliphatic carbocycles. The molecule has 4 nitrogen and oxygen atoms in total. The van der Waals surface area contributed by atoms with E-state index >= 15 is 0 Å². The van der Waals surface area contributed by atoms with Crippen molar-refractivity contribution in [3.8, 4) is 0 Å². The molecule has 1 unspecified atom stereocenters. The number of amidine groups is 1. The lowest BCUT2D eigenvalue weighted by atomic mass is 10.1. The predicted molar refractivity (Wildman–Crippen MR) is 57.9 cm³/mol. The summed E-state index contributed by atoms with van der Waals surface area (Å²) < 4.78 is 42.2. The number of alkyl halides is 3. The second-order valence-corrected chi connectivity index (χ2v) is 3.75.